The average Bonchev–Trinajstić information content (AvgIpc) is 2.47. The van der Waals surface area contributed by atoms with Gasteiger partial charge in [-0.1, -0.05) is 5.16 Å². The summed E-state index contributed by atoms with van der Waals surface area (Å²) >= 11 is 3.17. The first-order valence-corrected chi connectivity index (χ1v) is 7.91. The minimum atomic E-state index is -3.73. The molecule has 9 heteroatoms. The maximum atomic E-state index is 12.2. The van der Waals surface area contributed by atoms with E-state index in [2.05, 4.69) is 30.8 Å². The molecule has 0 saturated heterocycles. The molecule has 1 aromatic carbocycles. The summed E-state index contributed by atoms with van der Waals surface area (Å²) in [7, 11) is -3.73. The molecule has 0 spiro atoms. The highest BCUT2D eigenvalue weighted by molar-refractivity contribution is 9.10. The molecule has 21 heavy (non-hydrogen) atoms. The fourth-order valence-corrected chi connectivity index (χ4v) is 3.08. The molecule has 0 atom stereocenters. The van der Waals surface area contributed by atoms with Crippen LogP contribution in [0.1, 0.15) is 5.56 Å². The minimum absolute atomic E-state index is 0.0392. The summed E-state index contributed by atoms with van der Waals surface area (Å²) < 4.78 is 27.3. The third-order valence-corrected chi connectivity index (χ3v) is 4.31. The zero-order valence-electron chi connectivity index (χ0n) is 10.6. The van der Waals surface area contributed by atoms with Crippen molar-refractivity contribution in [3.05, 3.63) is 52.8 Å². The summed E-state index contributed by atoms with van der Waals surface area (Å²) in [6.45, 7) is 0. The van der Waals surface area contributed by atoms with Crippen LogP contribution in [0.15, 0.2) is 57.2 Å². The van der Waals surface area contributed by atoms with Crippen molar-refractivity contribution < 1.29 is 13.6 Å². The molecule has 0 aliphatic rings. The number of halogens is 1. The Kier molecular flexibility index (Phi) is 4.43. The van der Waals surface area contributed by atoms with E-state index < -0.39 is 10.0 Å². The molecule has 2 aromatic rings. The summed E-state index contributed by atoms with van der Waals surface area (Å²) in [5.41, 5.74) is 6.25. The Morgan fingerprint density at radius 3 is 2.52 bits per heavy atom. The van der Waals surface area contributed by atoms with Gasteiger partial charge in [0.15, 0.2) is 5.84 Å². The van der Waals surface area contributed by atoms with Crippen LogP contribution in [0.5, 0.6) is 0 Å². The van der Waals surface area contributed by atoms with Crippen molar-refractivity contribution in [2.24, 2.45) is 10.9 Å². The maximum absolute atomic E-state index is 12.2. The van der Waals surface area contributed by atoms with Crippen LogP contribution in [0.2, 0.25) is 0 Å². The lowest BCUT2D eigenvalue weighted by atomic mass is 10.2. The van der Waals surface area contributed by atoms with Crippen LogP contribution in [0, 0.1) is 0 Å². The van der Waals surface area contributed by atoms with Gasteiger partial charge in [-0.15, -0.1) is 0 Å². The number of oxime groups is 1. The highest BCUT2D eigenvalue weighted by atomic mass is 79.9. The fraction of sp³-hybridized carbons (Fsp3) is 0. The predicted molar refractivity (Wildman–Crippen MR) is 81.7 cm³/mol. The van der Waals surface area contributed by atoms with E-state index in [1.807, 2.05) is 0 Å². The third-order valence-electron chi connectivity index (χ3n) is 2.53. The molecule has 0 saturated carbocycles. The summed E-state index contributed by atoms with van der Waals surface area (Å²) in [5.74, 6) is -0.0550. The predicted octanol–water partition coefficient (Wildman–Crippen LogP) is 1.74. The average molecular weight is 371 g/mol. The molecule has 1 heterocycles. The van der Waals surface area contributed by atoms with Crippen molar-refractivity contribution in [3.8, 4) is 0 Å². The molecular formula is C12H11BrN4O3S. The number of pyridine rings is 1. The van der Waals surface area contributed by atoms with Crippen LogP contribution >= 0.6 is 15.9 Å². The molecular weight excluding hydrogens is 360 g/mol. The number of rotatable bonds is 4. The van der Waals surface area contributed by atoms with Crippen molar-refractivity contribution in [1.82, 2.24) is 4.98 Å². The first-order valence-electron chi connectivity index (χ1n) is 5.64. The molecule has 2 rings (SSSR count). The van der Waals surface area contributed by atoms with Crippen molar-refractivity contribution in [2.45, 2.75) is 4.90 Å². The van der Waals surface area contributed by atoms with Gasteiger partial charge >= 0.3 is 0 Å². The van der Waals surface area contributed by atoms with Gasteiger partial charge in [-0.25, -0.2) is 8.42 Å². The number of sulfonamides is 1. The molecule has 0 aliphatic heterocycles. The topological polar surface area (TPSA) is 118 Å². The van der Waals surface area contributed by atoms with Gasteiger partial charge in [-0.05, 0) is 46.3 Å². The van der Waals surface area contributed by atoms with Gasteiger partial charge in [-0.2, -0.15) is 0 Å². The molecule has 0 aliphatic carbocycles. The van der Waals surface area contributed by atoms with E-state index >= 15 is 0 Å². The highest BCUT2D eigenvalue weighted by Crippen LogP contribution is 2.18. The molecule has 0 unspecified atom stereocenters. The van der Waals surface area contributed by atoms with E-state index in [-0.39, 0.29) is 10.7 Å². The van der Waals surface area contributed by atoms with Gasteiger partial charge in [0.25, 0.3) is 10.0 Å². The smallest absolute Gasteiger partial charge is 0.263 e. The van der Waals surface area contributed by atoms with Crippen molar-refractivity contribution in [2.75, 3.05) is 4.72 Å². The van der Waals surface area contributed by atoms with Crippen LogP contribution in [0.4, 0.5) is 5.69 Å². The van der Waals surface area contributed by atoms with Crippen molar-refractivity contribution in [1.29, 1.82) is 0 Å². The lowest BCUT2D eigenvalue weighted by Gasteiger charge is -2.08. The monoisotopic (exact) mass is 370 g/mol. The Balaban J connectivity index is 2.25. The van der Waals surface area contributed by atoms with E-state index in [0.29, 0.717) is 15.7 Å². The van der Waals surface area contributed by atoms with Crippen molar-refractivity contribution in [3.63, 3.8) is 0 Å². The van der Waals surface area contributed by atoms with Gasteiger partial charge in [-0.3, -0.25) is 9.71 Å². The van der Waals surface area contributed by atoms with E-state index in [4.69, 9.17) is 10.9 Å². The molecule has 0 amide bonds. The Morgan fingerprint density at radius 2 is 1.95 bits per heavy atom. The molecule has 1 aromatic heterocycles. The summed E-state index contributed by atoms with van der Waals surface area (Å²) in [6.07, 6.45) is 2.74. The number of nitrogens with zero attached hydrogens (tertiary/aromatic N) is 2. The van der Waals surface area contributed by atoms with E-state index in [0.717, 1.165) is 0 Å². The second-order valence-electron chi connectivity index (χ2n) is 4.01. The zero-order chi connectivity index (χ0) is 15.5. The lowest BCUT2D eigenvalue weighted by molar-refractivity contribution is 0.318. The van der Waals surface area contributed by atoms with Crippen LogP contribution in [0.3, 0.4) is 0 Å². The Morgan fingerprint density at radius 1 is 1.29 bits per heavy atom. The number of amidine groups is 1. The second-order valence-corrected chi connectivity index (χ2v) is 6.61. The molecule has 0 fully saturated rings. The first kappa shape index (κ1) is 15.3. The molecule has 0 bridgehead atoms. The van der Waals surface area contributed by atoms with E-state index in [1.54, 1.807) is 0 Å². The quantitative estimate of drug-likeness (QED) is 0.328. The largest absolute Gasteiger partial charge is 0.409 e. The zero-order valence-corrected chi connectivity index (χ0v) is 13.0. The second kappa shape index (κ2) is 6.10. The number of hydrogen-bond acceptors (Lipinski definition) is 5. The van der Waals surface area contributed by atoms with Gasteiger partial charge in [0.2, 0.25) is 0 Å². The highest BCUT2D eigenvalue weighted by Gasteiger charge is 2.15. The maximum Gasteiger partial charge on any atom is 0.263 e. The number of benzene rings is 1. The lowest BCUT2D eigenvalue weighted by Crippen LogP contribution is -2.15. The van der Waals surface area contributed by atoms with Crippen LogP contribution in [-0.2, 0) is 10.0 Å². The number of anilines is 1. The van der Waals surface area contributed by atoms with Crippen LogP contribution in [-0.4, -0.2) is 24.4 Å². The van der Waals surface area contributed by atoms with E-state index in [1.165, 1.54) is 42.7 Å². The molecule has 0 radical (unpaired) electrons. The third kappa shape index (κ3) is 3.70. The van der Waals surface area contributed by atoms with Gasteiger partial charge < -0.3 is 10.9 Å². The van der Waals surface area contributed by atoms with Gasteiger partial charge in [0.1, 0.15) is 4.90 Å². The molecule has 7 nitrogen and oxygen atoms in total. The van der Waals surface area contributed by atoms with Crippen LogP contribution in [0.25, 0.3) is 0 Å². The summed E-state index contributed by atoms with van der Waals surface area (Å²) in [5, 5.41) is 11.4. The molecule has 110 valence electrons. The summed E-state index contributed by atoms with van der Waals surface area (Å²) in [6, 6.07) is 7.53. The normalized spacial score (nSPS) is 12.1. The number of hydrogen-bond donors (Lipinski definition) is 3. The SMILES string of the molecule is NC(=NO)c1ccc(NS(=O)(=O)c2cncc(Br)c2)cc1. The fourth-order valence-electron chi connectivity index (χ4n) is 1.52. The van der Waals surface area contributed by atoms with Gasteiger partial charge in [0.05, 0.1) is 0 Å². The molecule has 4 N–H and O–H groups in total. The number of nitrogens with one attached hydrogen (secondary N) is 1. The Bertz CT molecular complexity index is 775. The van der Waals surface area contributed by atoms with Gasteiger partial charge in [0, 0.05) is 28.1 Å². The first-order chi connectivity index (χ1) is 9.92. The number of aromatic nitrogens is 1. The number of nitrogens with two attached hydrogens (primary N) is 1. The van der Waals surface area contributed by atoms with E-state index in [9.17, 15) is 8.42 Å². The minimum Gasteiger partial charge on any atom is -0.409 e. The Labute approximate surface area is 129 Å². The summed E-state index contributed by atoms with van der Waals surface area (Å²) in [4.78, 5) is 3.85. The standard InChI is InChI=1S/C12H11BrN4O3S/c13-9-5-11(7-15-6-9)21(19,20)17-10-3-1-8(2-4-10)12(14)16-18/h1-7,17-18H,(H2,14,16). The van der Waals surface area contributed by atoms with Crippen LogP contribution < -0.4 is 10.5 Å². The Hall–Kier alpha value is -2.13. The van der Waals surface area contributed by atoms with Crippen molar-refractivity contribution >= 4 is 37.5 Å².